The zero-order valence-corrected chi connectivity index (χ0v) is 35.1. The highest BCUT2D eigenvalue weighted by atomic mass is 16.3. The number of rotatable bonds is 9. The molecule has 0 aromatic heterocycles. The summed E-state index contributed by atoms with van der Waals surface area (Å²) in [6, 6.07) is 34.3. The van der Waals surface area contributed by atoms with Gasteiger partial charge in [0.05, 0.1) is 57.8 Å². The maximum atomic E-state index is 14.6. The quantitative estimate of drug-likeness (QED) is 0.0883. The number of phenols is 1. The van der Waals surface area contributed by atoms with Crippen molar-refractivity contribution >= 4 is 69.1 Å². The molecule has 2 saturated heterocycles. The molecule has 6 atom stereocenters. The Bertz CT molecular complexity index is 2670. The van der Waals surface area contributed by atoms with E-state index in [2.05, 4.69) is 20.5 Å². The van der Waals surface area contributed by atoms with Crippen molar-refractivity contribution in [2.45, 2.75) is 25.7 Å². The van der Waals surface area contributed by atoms with Crippen LogP contribution in [0.25, 0.3) is 0 Å². The van der Waals surface area contributed by atoms with Crippen molar-refractivity contribution in [2.24, 2.45) is 50.0 Å². The summed E-state index contributed by atoms with van der Waals surface area (Å²) in [5.41, 5.74) is 7.73. The first-order chi connectivity index (χ1) is 29.9. The molecule has 1 N–H and O–H groups in total. The molecular formula is C49H46N8O5. The van der Waals surface area contributed by atoms with Gasteiger partial charge in [0.25, 0.3) is 0 Å². The minimum atomic E-state index is -0.745. The number of carbonyl (C=O) groups is 4. The summed E-state index contributed by atoms with van der Waals surface area (Å²) in [4.78, 5) is 64.5. The summed E-state index contributed by atoms with van der Waals surface area (Å²) in [5.74, 6) is -4.99. The van der Waals surface area contributed by atoms with Gasteiger partial charge in [-0.3, -0.25) is 29.0 Å². The predicted octanol–water partition coefficient (Wildman–Crippen LogP) is 9.71. The molecule has 4 amide bonds. The summed E-state index contributed by atoms with van der Waals surface area (Å²) >= 11 is 0. The van der Waals surface area contributed by atoms with Crippen LogP contribution in [0.1, 0.15) is 29.9 Å². The number of aryl methyl sites for hydroxylation is 1. The fourth-order valence-electron chi connectivity index (χ4n) is 9.55. The van der Waals surface area contributed by atoms with Gasteiger partial charge in [0.15, 0.2) is 0 Å². The lowest BCUT2D eigenvalue weighted by Crippen LogP contribution is -2.43. The normalized spacial score (nSPS) is 23.2. The van der Waals surface area contributed by atoms with Crippen LogP contribution in [0.3, 0.4) is 0 Å². The molecule has 2 heterocycles. The van der Waals surface area contributed by atoms with Crippen molar-refractivity contribution in [2.75, 3.05) is 47.8 Å². The van der Waals surface area contributed by atoms with E-state index in [0.717, 1.165) is 22.5 Å². The van der Waals surface area contributed by atoms with Gasteiger partial charge in [0.1, 0.15) is 5.75 Å². The third-order valence-corrected chi connectivity index (χ3v) is 12.7. The summed E-state index contributed by atoms with van der Waals surface area (Å²) < 4.78 is 0. The molecule has 0 radical (unpaired) electrons. The second-order valence-corrected chi connectivity index (χ2v) is 16.8. The third kappa shape index (κ3) is 7.12. The second kappa shape index (κ2) is 16.0. The van der Waals surface area contributed by atoms with Crippen LogP contribution in [0.15, 0.2) is 147 Å². The van der Waals surface area contributed by atoms with E-state index in [1.165, 1.54) is 9.80 Å². The molecule has 0 unspecified atom stereocenters. The molecule has 13 nitrogen and oxygen atoms in total. The number of fused-ring (bicyclic) bond motifs is 4. The van der Waals surface area contributed by atoms with E-state index in [4.69, 9.17) is 0 Å². The number of imide groups is 2. The highest BCUT2D eigenvalue weighted by Crippen LogP contribution is 2.58. The molecule has 4 aliphatic rings. The fraction of sp³-hybridized carbons (Fsp3) is 0.265. The average molecular weight is 827 g/mol. The lowest BCUT2D eigenvalue weighted by molar-refractivity contribution is -0.126. The predicted molar refractivity (Wildman–Crippen MR) is 238 cm³/mol. The number of azo groups is 2. The average Bonchev–Trinajstić information content (AvgIpc) is 3.69. The van der Waals surface area contributed by atoms with Crippen molar-refractivity contribution in [1.29, 1.82) is 0 Å². The van der Waals surface area contributed by atoms with Crippen molar-refractivity contribution in [3.8, 4) is 5.75 Å². The van der Waals surface area contributed by atoms with E-state index in [-0.39, 0.29) is 35.8 Å². The molecule has 5 aromatic carbocycles. The minimum Gasteiger partial charge on any atom is -0.508 e. The van der Waals surface area contributed by atoms with E-state index in [1.807, 2.05) is 98.7 Å². The lowest BCUT2D eigenvalue weighted by Gasteiger charge is -2.44. The highest BCUT2D eigenvalue weighted by Gasteiger charge is 2.62. The van der Waals surface area contributed by atoms with Gasteiger partial charge in [0.2, 0.25) is 23.6 Å². The van der Waals surface area contributed by atoms with E-state index in [1.54, 1.807) is 67.6 Å². The second-order valence-electron chi connectivity index (χ2n) is 16.8. The number of allylic oxidation sites excluding steroid dienone is 2. The van der Waals surface area contributed by atoms with Crippen LogP contribution in [0.2, 0.25) is 0 Å². The monoisotopic (exact) mass is 826 g/mol. The first kappa shape index (κ1) is 40.1. The molecule has 13 heteroatoms. The topological polar surface area (TPSA) is 151 Å². The van der Waals surface area contributed by atoms with Gasteiger partial charge in [0, 0.05) is 45.5 Å². The number of phenolic OH excluding ortho intramolecular Hbond substituents is 1. The number of hydrogen-bond acceptors (Lipinski definition) is 11. The van der Waals surface area contributed by atoms with Crippen LogP contribution in [-0.4, -0.2) is 56.9 Å². The first-order valence-electron chi connectivity index (χ1n) is 20.7. The molecule has 62 heavy (non-hydrogen) atoms. The Morgan fingerprint density at radius 3 is 1.42 bits per heavy atom. The van der Waals surface area contributed by atoms with Gasteiger partial charge in [-0.1, -0.05) is 23.8 Å². The lowest BCUT2D eigenvalue weighted by atomic mass is 9.57. The number of carbonyl (C=O) groups excluding carboxylic acids is 4. The summed E-state index contributed by atoms with van der Waals surface area (Å²) in [5, 5.41) is 27.9. The van der Waals surface area contributed by atoms with E-state index in [0.29, 0.717) is 46.1 Å². The number of anilines is 4. The standard InChI is InChI=1S/C49H46N8O5/c1-28-26-29(6-25-42(28)58)43-38-23-24-39-44(48(61)56(46(39)59)36-19-11-32(12-20-36)52-50-30-7-15-34(16-8-30)54(2)3)40(38)27-41-45(43)49(62)57(47(41)60)37-21-13-33(14-22-37)53-51-31-9-17-35(18-10-31)55(4)5/h6-23,25-26,39-41,43-45,58H,24,27H2,1-5H3/t39-,40+,41+,43-,44-,45+/m0/s1. The van der Waals surface area contributed by atoms with Gasteiger partial charge in [-0.2, -0.15) is 20.5 Å². The van der Waals surface area contributed by atoms with Crippen molar-refractivity contribution < 1.29 is 24.3 Å². The number of amides is 4. The zero-order chi connectivity index (χ0) is 43.4. The first-order valence-corrected chi connectivity index (χ1v) is 20.7. The molecule has 312 valence electrons. The van der Waals surface area contributed by atoms with Crippen molar-refractivity contribution in [3.63, 3.8) is 0 Å². The Balaban J connectivity index is 0.984. The van der Waals surface area contributed by atoms with Crippen LogP contribution in [0.5, 0.6) is 5.75 Å². The van der Waals surface area contributed by atoms with Crippen LogP contribution < -0.4 is 19.6 Å². The number of benzene rings is 5. The largest absolute Gasteiger partial charge is 0.508 e. The Labute approximate surface area is 359 Å². The Hall–Kier alpha value is -7.28. The van der Waals surface area contributed by atoms with Gasteiger partial charge < -0.3 is 14.9 Å². The van der Waals surface area contributed by atoms with E-state index >= 15 is 0 Å². The Morgan fingerprint density at radius 2 is 0.968 bits per heavy atom. The molecule has 1 saturated carbocycles. The summed E-state index contributed by atoms with van der Waals surface area (Å²) in [6.07, 6.45) is 2.59. The molecule has 0 spiro atoms. The minimum absolute atomic E-state index is 0.118. The number of nitrogens with zero attached hydrogens (tertiary/aromatic N) is 8. The maximum Gasteiger partial charge on any atom is 0.238 e. The Morgan fingerprint density at radius 1 is 0.532 bits per heavy atom. The SMILES string of the molecule is Cc1cc([C@H]2C3=CC[C@@H]4C(=O)N(c5ccc(N=Nc6ccc(N(C)C)cc6)cc5)C(=O)[C@@H]4[C@@H]3C[C@H]3C(=O)N(c4ccc(N=Nc5ccc(N(C)C)cc5)cc4)C(=O)[C@@H]23)ccc1O. The molecule has 3 fully saturated rings. The van der Waals surface area contributed by atoms with Gasteiger partial charge in [-0.25, -0.2) is 0 Å². The Kier molecular flexibility index (Phi) is 10.3. The molecule has 2 aliphatic heterocycles. The van der Waals surface area contributed by atoms with Gasteiger partial charge >= 0.3 is 0 Å². The van der Waals surface area contributed by atoms with E-state index < -0.39 is 35.5 Å². The molecule has 9 rings (SSSR count). The van der Waals surface area contributed by atoms with Crippen LogP contribution >= 0.6 is 0 Å². The van der Waals surface area contributed by atoms with Crippen molar-refractivity contribution in [3.05, 3.63) is 138 Å². The molecule has 0 bridgehead atoms. The number of hydrogen-bond donors (Lipinski definition) is 1. The van der Waals surface area contributed by atoms with Crippen LogP contribution in [0.4, 0.5) is 45.5 Å². The molecular weight excluding hydrogens is 781 g/mol. The van der Waals surface area contributed by atoms with Crippen LogP contribution in [-0.2, 0) is 19.2 Å². The van der Waals surface area contributed by atoms with Crippen molar-refractivity contribution in [1.82, 2.24) is 0 Å². The van der Waals surface area contributed by atoms with Gasteiger partial charge in [-0.05, 0) is 140 Å². The zero-order valence-electron chi connectivity index (χ0n) is 35.1. The van der Waals surface area contributed by atoms with Gasteiger partial charge in [-0.15, -0.1) is 0 Å². The summed E-state index contributed by atoms with van der Waals surface area (Å²) in [6.45, 7) is 1.79. The van der Waals surface area contributed by atoms with Crippen LogP contribution in [0, 0.1) is 36.5 Å². The maximum absolute atomic E-state index is 14.6. The number of aromatic hydroxyl groups is 1. The fourth-order valence-corrected chi connectivity index (χ4v) is 9.55. The highest BCUT2D eigenvalue weighted by molar-refractivity contribution is 6.24. The smallest absolute Gasteiger partial charge is 0.238 e. The van der Waals surface area contributed by atoms with E-state index in [9.17, 15) is 24.3 Å². The third-order valence-electron chi connectivity index (χ3n) is 12.7. The molecule has 2 aliphatic carbocycles. The summed E-state index contributed by atoms with van der Waals surface area (Å²) in [7, 11) is 7.87. The molecule has 5 aromatic rings.